The molecule has 19 heavy (non-hydrogen) atoms. The maximum absolute atomic E-state index is 5.98. The summed E-state index contributed by atoms with van der Waals surface area (Å²) in [6.07, 6.45) is 6.06. The van der Waals surface area contributed by atoms with Crippen molar-refractivity contribution in [1.82, 2.24) is 0 Å². The number of methoxy groups -OCH3 is 1. The summed E-state index contributed by atoms with van der Waals surface area (Å²) >= 11 is 0. The van der Waals surface area contributed by atoms with Crippen LogP contribution in [0.2, 0.25) is 0 Å². The summed E-state index contributed by atoms with van der Waals surface area (Å²) in [6.45, 7) is 2.00. The normalized spacial score (nSPS) is 19.6. The van der Waals surface area contributed by atoms with Gasteiger partial charge in [-0.25, -0.2) is 0 Å². The Bertz CT molecular complexity index is 425. The third-order valence-corrected chi connectivity index (χ3v) is 3.05. The lowest BCUT2D eigenvalue weighted by Crippen LogP contribution is -2.28. The van der Waals surface area contributed by atoms with Crippen LogP contribution < -0.4 is 15.2 Å². The zero-order valence-corrected chi connectivity index (χ0v) is 11.3. The maximum Gasteiger partial charge on any atom is 0.162 e. The zero-order valence-electron chi connectivity index (χ0n) is 11.3. The van der Waals surface area contributed by atoms with E-state index in [1.807, 2.05) is 30.4 Å². The average Bonchev–Trinajstić information content (AvgIpc) is 2.46. The highest BCUT2D eigenvalue weighted by Crippen LogP contribution is 2.30. The number of rotatable bonds is 5. The Morgan fingerprint density at radius 2 is 2.32 bits per heavy atom. The standard InChI is InChI=1S/C15H21NO3/c1-17-14-7-6-12(4-2-8-16)10-15(14)19-13-5-3-9-18-11-13/h2,4,6-7,10,13H,3,5,8-9,11,16H2,1H3/b4-2+. The molecule has 104 valence electrons. The van der Waals surface area contributed by atoms with E-state index in [0.29, 0.717) is 13.2 Å². The third-order valence-electron chi connectivity index (χ3n) is 3.05. The minimum Gasteiger partial charge on any atom is -0.493 e. The molecule has 1 aromatic rings. The zero-order chi connectivity index (χ0) is 13.5. The molecule has 2 N–H and O–H groups in total. The summed E-state index contributed by atoms with van der Waals surface area (Å²) in [7, 11) is 1.65. The topological polar surface area (TPSA) is 53.7 Å². The van der Waals surface area contributed by atoms with E-state index in [1.54, 1.807) is 7.11 Å². The highest BCUT2D eigenvalue weighted by molar-refractivity contribution is 5.56. The summed E-state index contributed by atoms with van der Waals surface area (Å²) in [4.78, 5) is 0. The van der Waals surface area contributed by atoms with Gasteiger partial charge in [-0.3, -0.25) is 0 Å². The predicted octanol–water partition coefficient (Wildman–Crippen LogP) is 2.22. The summed E-state index contributed by atoms with van der Waals surface area (Å²) in [6, 6.07) is 5.87. The van der Waals surface area contributed by atoms with Gasteiger partial charge in [0.15, 0.2) is 11.5 Å². The first-order chi connectivity index (χ1) is 9.33. The fraction of sp³-hybridized carbons (Fsp3) is 0.467. The van der Waals surface area contributed by atoms with Gasteiger partial charge in [-0.1, -0.05) is 18.2 Å². The van der Waals surface area contributed by atoms with Gasteiger partial charge in [0, 0.05) is 13.2 Å². The van der Waals surface area contributed by atoms with Crippen LogP contribution in [0.15, 0.2) is 24.3 Å². The van der Waals surface area contributed by atoms with Gasteiger partial charge in [0.25, 0.3) is 0 Å². The summed E-state index contributed by atoms with van der Waals surface area (Å²) in [5.41, 5.74) is 6.51. The monoisotopic (exact) mass is 263 g/mol. The molecule has 2 rings (SSSR count). The number of ether oxygens (including phenoxy) is 3. The van der Waals surface area contributed by atoms with Crippen molar-refractivity contribution in [2.45, 2.75) is 18.9 Å². The van der Waals surface area contributed by atoms with Gasteiger partial charge in [-0.05, 0) is 30.5 Å². The maximum atomic E-state index is 5.98. The number of benzene rings is 1. The molecule has 0 aromatic heterocycles. The van der Waals surface area contributed by atoms with Gasteiger partial charge in [0.2, 0.25) is 0 Å². The molecule has 0 amide bonds. The number of hydrogen-bond donors (Lipinski definition) is 1. The van der Waals surface area contributed by atoms with Gasteiger partial charge in [-0.15, -0.1) is 0 Å². The second-order valence-corrected chi connectivity index (χ2v) is 4.51. The van der Waals surface area contributed by atoms with Crippen molar-refractivity contribution in [3.63, 3.8) is 0 Å². The molecular formula is C15H21NO3. The van der Waals surface area contributed by atoms with E-state index < -0.39 is 0 Å². The Kier molecular flexibility index (Phi) is 5.24. The SMILES string of the molecule is COc1ccc(/C=C/CN)cc1OC1CCCOC1. The van der Waals surface area contributed by atoms with Crippen molar-refractivity contribution in [2.75, 3.05) is 26.9 Å². The average molecular weight is 263 g/mol. The molecule has 0 bridgehead atoms. The van der Waals surface area contributed by atoms with Crippen LogP contribution in [0.1, 0.15) is 18.4 Å². The Hall–Kier alpha value is -1.52. The number of nitrogens with two attached hydrogens (primary N) is 1. The lowest BCUT2D eigenvalue weighted by molar-refractivity contribution is 0.00644. The van der Waals surface area contributed by atoms with E-state index in [1.165, 1.54) is 0 Å². The quantitative estimate of drug-likeness (QED) is 0.885. The van der Waals surface area contributed by atoms with Crippen molar-refractivity contribution in [2.24, 2.45) is 5.73 Å². The minimum absolute atomic E-state index is 0.108. The molecule has 0 radical (unpaired) electrons. The minimum atomic E-state index is 0.108. The molecule has 1 atom stereocenters. The smallest absolute Gasteiger partial charge is 0.162 e. The lowest BCUT2D eigenvalue weighted by atomic mass is 10.1. The van der Waals surface area contributed by atoms with Crippen molar-refractivity contribution in [3.8, 4) is 11.5 Å². The molecule has 1 aliphatic heterocycles. The largest absolute Gasteiger partial charge is 0.493 e. The van der Waals surface area contributed by atoms with Gasteiger partial charge in [0.05, 0.1) is 13.7 Å². The molecule has 1 unspecified atom stereocenters. The van der Waals surface area contributed by atoms with Crippen LogP contribution in [0.25, 0.3) is 6.08 Å². The summed E-state index contributed by atoms with van der Waals surface area (Å²) in [5.74, 6) is 1.51. The van der Waals surface area contributed by atoms with Crippen LogP contribution in [0.4, 0.5) is 0 Å². The molecule has 1 heterocycles. The fourth-order valence-corrected chi connectivity index (χ4v) is 2.08. The molecule has 4 heteroatoms. The lowest BCUT2D eigenvalue weighted by Gasteiger charge is -2.24. The second kappa shape index (κ2) is 7.16. The van der Waals surface area contributed by atoms with E-state index in [0.717, 1.165) is 36.5 Å². The molecule has 0 spiro atoms. The molecule has 4 nitrogen and oxygen atoms in total. The fourth-order valence-electron chi connectivity index (χ4n) is 2.08. The Morgan fingerprint density at radius 1 is 1.42 bits per heavy atom. The highest BCUT2D eigenvalue weighted by atomic mass is 16.5. The van der Waals surface area contributed by atoms with Crippen molar-refractivity contribution >= 4 is 6.08 Å². The van der Waals surface area contributed by atoms with Gasteiger partial charge >= 0.3 is 0 Å². The molecule has 0 aliphatic carbocycles. The molecule has 1 aliphatic rings. The van der Waals surface area contributed by atoms with E-state index in [4.69, 9.17) is 19.9 Å². The van der Waals surface area contributed by atoms with Gasteiger partial charge < -0.3 is 19.9 Å². The van der Waals surface area contributed by atoms with Crippen molar-refractivity contribution < 1.29 is 14.2 Å². The van der Waals surface area contributed by atoms with Crippen LogP contribution in [0.3, 0.4) is 0 Å². The summed E-state index contributed by atoms with van der Waals surface area (Å²) < 4.78 is 16.7. The van der Waals surface area contributed by atoms with Crippen LogP contribution in [0.5, 0.6) is 11.5 Å². The van der Waals surface area contributed by atoms with Crippen LogP contribution in [-0.4, -0.2) is 33.0 Å². The highest BCUT2D eigenvalue weighted by Gasteiger charge is 2.17. The van der Waals surface area contributed by atoms with E-state index in [2.05, 4.69) is 0 Å². The first-order valence-corrected chi connectivity index (χ1v) is 6.62. The molecular weight excluding hydrogens is 242 g/mol. The van der Waals surface area contributed by atoms with Crippen LogP contribution in [-0.2, 0) is 4.74 Å². The first kappa shape index (κ1) is 13.9. The Morgan fingerprint density at radius 3 is 3.00 bits per heavy atom. The number of hydrogen-bond acceptors (Lipinski definition) is 4. The van der Waals surface area contributed by atoms with Gasteiger partial charge in [0.1, 0.15) is 6.10 Å². The molecule has 1 aromatic carbocycles. The molecule has 1 fully saturated rings. The van der Waals surface area contributed by atoms with E-state index in [9.17, 15) is 0 Å². The predicted molar refractivity (Wildman–Crippen MR) is 75.6 cm³/mol. The summed E-state index contributed by atoms with van der Waals surface area (Å²) in [5, 5.41) is 0. The van der Waals surface area contributed by atoms with Crippen molar-refractivity contribution in [1.29, 1.82) is 0 Å². The van der Waals surface area contributed by atoms with E-state index >= 15 is 0 Å². The van der Waals surface area contributed by atoms with Crippen molar-refractivity contribution in [3.05, 3.63) is 29.8 Å². The second-order valence-electron chi connectivity index (χ2n) is 4.51. The molecule has 1 saturated heterocycles. The van der Waals surface area contributed by atoms with Crippen LogP contribution in [0, 0.1) is 0 Å². The van der Waals surface area contributed by atoms with E-state index in [-0.39, 0.29) is 6.10 Å². The van der Waals surface area contributed by atoms with Crippen LogP contribution >= 0.6 is 0 Å². The van der Waals surface area contributed by atoms with Gasteiger partial charge in [-0.2, -0.15) is 0 Å². The first-order valence-electron chi connectivity index (χ1n) is 6.62. The third kappa shape index (κ3) is 3.98. The Balaban J connectivity index is 2.13. The molecule has 0 saturated carbocycles. The Labute approximate surface area is 114 Å².